The van der Waals surface area contributed by atoms with Crippen LogP contribution >= 0.6 is 11.6 Å². The molecule has 9 heteroatoms. The molecule has 0 fully saturated rings. The Balaban J connectivity index is 1.82. The van der Waals surface area contributed by atoms with Crippen molar-refractivity contribution < 1.29 is 9.13 Å². The summed E-state index contributed by atoms with van der Waals surface area (Å²) >= 11 is 6.51. The van der Waals surface area contributed by atoms with Gasteiger partial charge in [-0.2, -0.15) is 0 Å². The number of halogens is 2. The molecule has 148 valence electrons. The van der Waals surface area contributed by atoms with Gasteiger partial charge in [-0.25, -0.2) is 19.3 Å². The van der Waals surface area contributed by atoms with Crippen molar-refractivity contribution >= 4 is 28.6 Å². The van der Waals surface area contributed by atoms with Crippen LogP contribution in [-0.4, -0.2) is 32.0 Å². The number of fused-ring (bicyclic) bond motifs is 1. The Hall–Kier alpha value is -3.26. The standard InChI is InChI=1S/C20H18ClFN6O/c1-10-14(21)7-13(18(29-3)16(10)15-6-12(22)4-5-23-15)11(2)28-20-17-19(25-8-24-17)26-9-27-20/h4-9,11H,1-3H3,(H2,24,25,26,27,28). The van der Waals surface area contributed by atoms with Gasteiger partial charge in [0.05, 0.1) is 25.2 Å². The van der Waals surface area contributed by atoms with Gasteiger partial charge in [0.2, 0.25) is 0 Å². The molecule has 4 aromatic rings. The van der Waals surface area contributed by atoms with Crippen LogP contribution in [-0.2, 0) is 0 Å². The molecule has 1 unspecified atom stereocenters. The zero-order valence-corrected chi connectivity index (χ0v) is 16.8. The van der Waals surface area contributed by atoms with E-state index in [1.165, 1.54) is 24.7 Å². The Morgan fingerprint density at radius 2 is 2.03 bits per heavy atom. The summed E-state index contributed by atoms with van der Waals surface area (Å²) in [4.78, 5) is 20.0. The van der Waals surface area contributed by atoms with Crippen LogP contribution in [0.5, 0.6) is 5.75 Å². The molecule has 29 heavy (non-hydrogen) atoms. The zero-order chi connectivity index (χ0) is 20.5. The van der Waals surface area contributed by atoms with Crippen molar-refractivity contribution in [3.05, 3.63) is 59.0 Å². The van der Waals surface area contributed by atoms with Crippen molar-refractivity contribution in [3.63, 3.8) is 0 Å². The minimum absolute atomic E-state index is 0.245. The highest BCUT2D eigenvalue weighted by atomic mass is 35.5. The largest absolute Gasteiger partial charge is 0.496 e. The highest BCUT2D eigenvalue weighted by Crippen LogP contribution is 2.42. The number of nitrogens with one attached hydrogen (secondary N) is 2. The second kappa shape index (κ2) is 7.63. The van der Waals surface area contributed by atoms with Gasteiger partial charge in [0.25, 0.3) is 0 Å². The summed E-state index contributed by atoms with van der Waals surface area (Å²) in [6.07, 6.45) is 4.43. The summed E-state index contributed by atoms with van der Waals surface area (Å²) in [6, 6.07) is 4.25. The number of anilines is 1. The molecular weight excluding hydrogens is 395 g/mol. The summed E-state index contributed by atoms with van der Waals surface area (Å²) in [5.41, 5.74) is 3.90. The first-order valence-electron chi connectivity index (χ1n) is 8.89. The van der Waals surface area contributed by atoms with E-state index < -0.39 is 0 Å². The molecule has 4 rings (SSSR count). The maximum absolute atomic E-state index is 13.8. The van der Waals surface area contributed by atoms with Crippen LogP contribution in [0.15, 0.2) is 37.1 Å². The normalized spacial score (nSPS) is 12.2. The summed E-state index contributed by atoms with van der Waals surface area (Å²) < 4.78 is 19.6. The molecule has 2 N–H and O–H groups in total. The van der Waals surface area contributed by atoms with Gasteiger partial charge in [0.1, 0.15) is 23.4 Å². The Labute approximate surface area is 171 Å². The lowest BCUT2D eigenvalue weighted by atomic mass is 9.96. The third-order valence-corrected chi connectivity index (χ3v) is 5.12. The van der Waals surface area contributed by atoms with Gasteiger partial charge in [-0.05, 0) is 31.5 Å². The van der Waals surface area contributed by atoms with Crippen LogP contribution < -0.4 is 10.1 Å². The van der Waals surface area contributed by atoms with Gasteiger partial charge >= 0.3 is 0 Å². The van der Waals surface area contributed by atoms with Crippen molar-refractivity contribution in [1.82, 2.24) is 24.9 Å². The Morgan fingerprint density at radius 1 is 1.21 bits per heavy atom. The SMILES string of the molecule is COc1c(C(C)Nc2ncnc3[nH]cnc23)cc(Cl)c(C)c1-c1cc(F)ccn1. The molecule has 0 aliphatic heterocycles. The van der Waals surface area contributed by atoms with Crippen LogP contribution in [0.2, 0.25) is 5.02 Å². The number of imidazole rings is 1. The number of hydrogen-bond donors (Lipinski definition) is 2. The zero-order valence-electron chi connectivity index (χ0n) is 16.0. The maximum Gasteiger partial charge on any atom is 0.162 e. The number of methoxy groups -OCH3 is 1. The van der Waals surface area contributed by atoms with Gasteiger partial charge in [0.15, 0.2) is 11.5 Å². The van der Waals surface area contributed by atoms with Crippen molar-refractivity contribution in [2.45, 2.75) is 19.9 Å². The number of aromatic amines is 1. The molecule has 1 atom stereocenters. The van der Waals surface area contributed by atoms with Crippen molar-refractivity contribution in [1.29, 1.82) is 0 Å². The fourth-order valence-corrected chi connectivity index (χ4v) is 3.50. The average Bonchev–Trinajstić information content (AvgIpc) is 3.19. The molecule has 0 radical (unpaired) electrons. The van der Waals surface area contributed by atoms with Gasteiger partial charge in [-0.3, -0.25) is 4.98 Å². The first kappa shape index (κ1) is 19.1. The molecule has 0 amide bonds. The van der Waals surface area contributed by atoms with Crippen LogP contribution in [0.1, 0.15) is 24.1 Å². The summed E-state index contributed by atoms with van der Waals surface area (Å²) in [6.45, 7) is 3.80. The summed E-state index contributed by atoms with van der Waals surface area (Å²) in [5, 5.41) is 3.86. The smallest absolute Gasteiger partial charge is 0.162 e. The predicted octanol–water partition coefficient (Wildman–Crippen LogP) is 4.70. The van der Waals surface area contributed by atoms with Crippen molar-refractivity contribution in [3.8, 4) is 17.0 Å². The number of benzene rings is 1. The topological polar surface area (TPSA) is 88.6 Å². The minimum Gasteiger partial charge on any atom is -0.496 e. The molecular formula is C20H18ClFN6O. The lowest BCUT2D eigenvalue weighted by Crippen LogP contribution is -2.11. The molecule has 0 saturated heterocycles. The number of ether oxygens (including phenoxy) is 1. The van der Waals surface area contributed by atoms with E-state index in [9.17, 15) is 4.39 Å². The van der Waals surface area contributed by atoms with E-state index in [1.807, 2.05) is 19.9 Å². The van der Waals surface area contributed by atoms with Gasteiger partial charge in [0, 0.05) is 28.4 Å². The Kier molecular flexibility index (Phi) is 5.02. The van der Waals surface area contributed by atoms with E-state index >= 15 is 0 Å². The molecule has 0 bridgehead atoms. The van der Waals surface area contributed by atoms with E-state index in [-0.39, 0.29) is 11.9 Å². The molecule has 0 aliphatic carbocycles. The third-order valence-electron chi connectivity index (χ3n) is 4.72. The fourth-order valence-electron chi connectivity index (χ4n) is 3.29. The average molecular weight is 413 g/mol. The van der Waals surface area contributed by atoms with Crippen LogP contribution in [0.25, 0.3) is 22.4 Å². The Morgan fingerprint density at radius 3 is 2.79 bits per heavy atom. The number of pyridine rings is 1. The van der Waals surface area contributed by atoms with E-state index in [2.05, 4.69) is 30.2 Å². The quantitative estimate of drug-likeness (QED) is 0.494. The van der Waals surface area contributed by atoms with Crippen molar-refractivity contribution in [2.24, 2.45) is 0 Å². The third kappa shape index (κ3) is 3.47. The van der Waals surface area contributed by atoms with Gasteiger partial charge in [-0.15, -0.1) is 0 Å². The lowest BCUT2D eigenvalue weighted by Gasteiger charge is -2.22. The molecule has 0 saturated carbocycles. The van der Waals surface area contributed by atoms with Crippen molar-refractivity contribution in [2.75, 3.05) is 12.4 Å². The fraction of sp³-hybridized carbons (Fsp3) is 0.200. The molecule has 3 heterocycles. The second-order valence-electron chi connectivity index (χ2n) is 6.53. The highest BCUT2D eigenvalue weighted by molar-refractivity contribution is 6.32. The van der Waals surface area contributed by atoms with Gasteiger partial charge in [-0.1, -0.05) is 11.6 Å². The molecule has 3 aromatic heterocycles. The van der Waals surface area contributed by atoms with E-state index in [4.69, 9.17) is 16.3 Å². The molecule has 0 spiro atoms. The first-order chi connectivity index (χ1) is 14.0. The second-order valence-corrected chi connectivity index (χ2v) is 6.94. The van der Waals surface area contributed by atoms with E-state index in [1.54, 1.807) is 13.4 Å². The molecule has 7 nitrogen and oxygen atoms in total. The number of H-pyrrole nitrogens is 1. The lowest BCUT2D eigenvalue weighted by molar-refractivity contribution is 0.409. The van der Waals surface area contributed by atoms with E-state index in [0.29, 0.717) is 39.0 Å². The highest BCUT2D eigenvalue weighted by Gasteiger charge is 2.22. The maximum atomic E-state index is 13.8. The summed E-state index contributed by atoms with van der Waals surface area (Å²) in [5.74, 6) is 0.760. The number of nitrogens with zero attached hydrogens (tertiary/aromatic N) is 4. The number of hydrogen-bond acceptors (Lipinski definition) is 6. The number of aromatic nitrogens is 5. The monoisotopic (exact) mass is 412 g/mol. The predicted molar refractivity (Wildman–Crippen MR) is 110 cm³/mol. The number of rotatable bonds is 5. The molecule has 0 aliphatic rings. The van der Waals surface area contributed by atoms with Crippen LogP contribution in [0.4, 0.5) is 10.2 Å². The summed E-state index contributed by atoms with van der Waals surface area (Å²) in [7, 11) is 1.57. The molecule has 1 aromatic carbocycles. The minimum atomic E-state index is -0.383. The van der Waals surface area contributed by atoms with Crippen LogP contribution in [0, 0.1) is 12.7 Å². The van der Waals surface area contributed by atoms with Crippen LogP contribution in [0.3, 0.4) is 0 Å². The van der Waals surface area contributed by atoms with E-state index in [0.717, 1.165) is 11.1 Å². The van der Waals surface area contributed by atoms with Gasteiger partial charge < -0.3 is 15.0 Å². The Bertz CT molecular complexity index is 1200. The first-order valence-corrected chi connectivity index (χ1v) is 9.27.